The van der Waals surface area contributed by atoms with E-state index in [-0.39, 0.29) is 6.03 Å². The lowest BCUT2D eigenvalue weighted by atomic mass is 9.96. The average molecular weight is 309 g/mol. The zero-order valence-corrected chi connectivity index (χ0v) is 12.7. The first-order valence-corrected chi connectivity index (χ1v) is 7.11. The Morgan fingerprint density at radius 1 is 1.33 bits per heavy atom. The van der Waals surface area contributed by atoms with E-state index in [2.05, 4.69) is 10.6 Å². The van der Waals surface area contributed by atoms with E-state index in [9.17, 15) is 9.59 Å². The van der Waals surface area contributed by atoms with Gasteiger partial charge < -0.3 is 15.4 Å². The van der Waals surface area contributed by atoms with Crippen LogP contribution in [0, 0.1) is 0 Å². The van der Waals surface area contributed by atoms with Crippen molar-refractivity contribution >= 4 is 23.6 Å². The van der Waals surface area contributed by atoms with Crippen molar-refractivity contribution in [3.8, 4) is 0 Å². The summed E-state index contributed by atoms with van der Waals surface area (Å²) < 4.78 is 5.20. The number of benzene rings is 1. The molecule has 2 amide bonds. The van der Waals surface area contributed by atoms with Gasteiger partial charge in [-0.25, -0.2) is 9.59 Å². The highest BCUT2D eigenvalue weighted by atomic mass is 35.5. The molecule has 5 nitrogen and oxygen atoms in total. The lowest BCUT2D eigenvalue weighted by Gasteiger charge is -2.28. The van der Waals surface area contributed by atoms with Crippen LogP contribution in [0.4, 0.5) is 4.79 Å². The Balaban J connectivity index is 2.35. The summed E-state index contributed by atoms with van der Waals surface area (Å²) >= 11 is 5.87. The van der Waals surface area contributed by atoms with Crippen molar-refractivity contribution in [1.29, 1.82) is 0 Å². The fraction of sp³-hybridized carbons (Fsp3) is 0.333. The number of allylic oxidation sites excluding steroid dienone is 1. The lowest BCUT2D eigenvalue weighted by Crippen LogP contribution is -2.45. The van der Waals surface area contributed by atoms with Crippen molar-refractivity contribution in [2.75, 3.05) is 6.61 Å². The van der Waals surface area contributed by atoms with E-state index in [1.807, 2.05) is 6.92 Å². The largest absolute Gasteiger partial charge is 0.462 e. The van der Waals surface area contributed by atoms with Crippen LogP contribution in [0.15, 0.2) is 35.5 Å². The van der Waals surface area contributed by atoms with Gasteiger partial charge in [0.25, 0.3) is 0 Å². The number of halogens is 1. The molecule has 112 valence electrons. The van der Waals surface area contributed by atoms with Gasteiger partial charge in [-0.15, -0.1) is 0 Å². The summed E-state index contributed by atoms with van der Waals surface area (Å²) in [5, 5.41) is 5.93. The van der Waals surface area contributed by atoms with E-state index < -0.39 is 12.0 Å². The van der Waals surface area contributed by atoms with Gasteiger partial charge in [0, 0.05) is 10.7 Å². The summed E-state index contributed by atoms with van der Waals surface area (Å²) in [5.41, 5.74) is 1.68. The van der Waals surface area contributed by atoms with Crippen LogP contribution in [0.3, 0.4) is 0 Å². The smallest absolute Gasteiger partial charge is 0.338 e. The summed E-state index contributed by atoms with van der Waals surface area (Å²) in [6.45, 7) is 3.95. The van der Waals surface area contributed by atoms with Gasteiger partial charge in [0.1, 0.15) is 0 Å². The number of hydrogen-bond donors (Lipinski definition) is 2. The third kappa shape index (κ3) is 3.55. The van der Waals surface area contributed by atoms with Crippen LogP contribution in [-0.4, -0.2) is 18.6 Å². The SMILES string of the molecule is CCCOC(=O)C1=C(C)NC(=O)N[C@@H]1c1ccc(Cl)cc1. The number of carbonyl (C=O) groups excluding carboxylic acids is 2. The molecule has 0 fully saturated rings. The highest BCUT2D eigenvalue weighted by Crippen LogP contribution is 2.28. The summed E-state index contributed by atoms with van der Waals surface area (Å²) in [5.74, 6) is -0.429. The molecule has 0 aliphatic carbocycles. The van der Waals surface area contributed by atoms with Gasteiger partial charge in [-0.3, -0.25) is 0 Å². The summed E-state index contributed by atoms with van der Waals surface area (Å²) in [6, 6.07) is 6.10. The lowest BCUT2D eigenvalue weighted by molar-refractivity contribution is -0.139. The monoisotopic (exact) mass is 308 g/mol. The first kappa shape index (κ1) is 15.4. The van der Waals surface area contributed by atoms with E-state index in [0.29, 0.717) is 22.9 Å². The second kappa shape index (κ2) is 6.63. The highest BCUT2D eigenvalue weighted by molar-refractivity contribution is 6.30. The minimum absolute atomic E-state index is 0.344. The van der Waals surface area contributed by atoms with E-state index in [1.165, 1.54) is 0 Å². The van der Waals surface area contributed by atoms with Crippen molar-refractivity contribution in [2.24, 2.45) is 0 Å². The van der Waals surface area contributed by atoms with Gasteiger partial charge in [0.2, 0.25) is 0 Å². The number of hydrogen-bond acceptors (Lipinski definition) is 3. The van der Waals surface area contributed by atoms with E-state index in [1.54, 1.807) is 31.2 Å². The van der Waals surface area contributed by atoms with Crippen molar-refractivity contribution in [1.82, 2.24) is 10.6 Å². The zero-order valence-electron chi connectivity index (χ0n) is 11.9. The molecule has 1 aromatic carbocycles. The molecule has 0 saturated carbocycles. The molecule has 1 aliphatic heterocycles. The van der Waals surface area contributed by atoms with Crippen LogP contribution in [-0.2, 0) is 9.53 Å². The van der Waals surface area contributed by atoms with E-state index in [0.717, 1.165) is 12.0 Å². The molecule has 2 rings (SSSR count). The Hall–Kier alpha value is -2.01. The molecule has 0 aromatic heterocycles. The maximum atomic E-state index is 12.2. The number of rotatable bonds is 4. The number of ether oxygens (including phenoxy) is 1. The fourth-order valence-corrected chi connectivity index (χ4v) is 2.27. The predicted molar refractivity (Wildman–Crippen MR) is 79.8 cm³/mol. The molecule has 2 N–H and O–H groups in total. The standard InChI is InChI=1S/C15H17ClN2O3/c1-3-8-21-14(19)12-9(2)17-15(20)18-13(12)10-4-6-11(16)7-5-10/h4-7,13H,3,8H2,1-2H3,(H2,17,18,20)/t13-/m1/s1. The minimum Gasteiger partial charge on any atom is -0.462 e. The van der Waals surface area contributed by atoms with Crippen LogP contribution < -0.4 is 10.6 Å². The second-order valence-corrected chi connectivity index (χ2v) is 5.19. The maximum absolute atomic E-state index is 12.2. The van der Waals surface area contributed by atoms with Crippen LogP contribution in [0.25, 0.3) is 0 Å². The van der Waals surface area contributed by atoms with Crippen LogP contribution in [0.2, 0.25) is 5.02 Å². The van der Waals surface area contributed by atoms with Gasteiger partial charge in [-0.2, -0.15) is 0 Å². The molecule has 21 heavy (non-hydrogen) atoms. The zero-order chi connectivity index (χ0) is 15.4. The minimum atomic E-state index is -0.541. The van der Waals surface area contributed by atoms with Gasteiger partial charge >= 0.3 is 12.0 Å². The van der Waals surface area contributed by atoms with Gasteiger partial charge in [-0.1, -0.05) is 30.7 Å². The van der Waals surface area contributed by atoms with Crippen LogP contribution >= 0.6 is 11.6 Å². The Labute approximate surface area is 128 Å². The molecule has 1 atom stereocenters. The predicted octanol–water partition coefficient (Wildman–Crippen LogP) is 2.92. The van der Waals surface area contributed by atoms with Crippen molar-refractivity contribution in [2.45, 2.75) is 26.3 Å². The first-order valence-electron chi connectivity index (χ1n) is 6.73. The average Bonchev–Trinajstić information content (AvgIpc) is 2.44. The molecule has 0 radical (unpaired) electrons. The molecular formula is C15H17ClN2O3. The maximum Gasteiger partial charge on any atom is 0.338 e. The summed E-state index contributed by atoms with van der Waals surface area (Å²) in [6.07, 6.45) is 0.740. The second-order valence-electron chi connectivity index (χ2n) is 4.76. The quantitative estimate of drug-likeness (QED) is 0.840. The third-order valence-corrected chi connectivity index (χ3v) is 3.38. The molecular weight excluding hydrogens is 292 g/mol. The summed E-state index contributed by atoms with van der Waals surface area (Å²) in [7, 11) is 0. The summed E-state index contributed by atoms with van der Waals surface area (Å²) in [4.78, 5) is 23.9. The fourth-order valence-electron chi connectivity index (χ4n) is 2.14. The molecule has 1 heterocycles. The number of urea groups is 1. The van der Waals surface area contributed by atoms with Crippen LogP contribution in [0.5, 0.6) is 0 Å². The van der Waals surface area contributed by atoms with Gasteiger partial charge in [0.05, 0.1) is 18.2 Å². The molecule has 6 heteroatoms. The number of nitrogens with one attached hydrogen (secondary N) is 2. The molecule has 0 saturated heterocycles. The number of amides is 2. The molecule has 0 spiro atoms. The van der Waals surface area contributed by atoms with Crippen molar-refractivity contribution in [3.05, 3.63) is 46.1 Å². The Morgan fingerprint density at radius 2 is 2.00 bits per heavy atom. The Bertz CT molecular complexity index is 581. The molecule has 1 aromatic rings. The highest BCUT2D eigenvalue weighted by Gasteiger charge is 2.31. The first-order chi connectivity index (χ1) is 10.0. The number of esters is 1. The van der Waals surface area contributed by atoms with E-state index >= 15 is 0 Å². The van der Waals surface area contributed by atoms with E-state index in [4.69, 9.17) is 16.3 Å². The Morgan fingerprint density at radius 3 is 2.62 bits per heavy atom. The third-order valence-electron chi connectivity index (χ3n) is 3.13. The normalized spacial score (nSPS) is 18.0. The molecule has 0 bridgehead atoms. The number of carbonyl (C=O) groups is 2. The Kier molecular flexibility index (Phi) is 4.85. The van der Waals surface area contributed by atoms with Crippen molar-refractivity contribution < 1.29 is 14.3 Å². The molecule has 0 unspecified atom stereocenters. The van der Waals surface area contributed by atoms with Crippen LogP contribution in [0.1, 0.15) is 31.9 Å². The molecule has 1 aliphatic rings. The topological polar surface area (TPSA) is 67.4 Å². The van der Waals surface area contributed by atoms with Gasteiger partial charge in [0.15, 0.2) is 0 Å². The van der Waals surface area contributed by atoms with Gasteiger partial charge in [-0.05, 0) is 31.0 Å². The van der Waals surface area contributed by atoms with Crippen molar-refractivity contribution in [3.63, 3.8) is 0 Å².